The predicted octanol–water partition coefficient (Wildman–Crippen LogP) is 2.39. The first-order valence-corrected chi connectivity index (χ1v) is 5.19. The molecule has 76 valence electrons. The molecule has 0 saturated carbocycles. The van der Waals surface area contributed by atoms with Gasteiger partial charge in [-0.3, -0.25) is 4.79 Å². The Morgan fingerprint density at radius 3 is 2.86 bits per heavy atom. The van der Waals surface area contributed by atoms with Crippen molar-refractivity contribution in [3.8, 4) is 0 Å². The SMILES string of the molecule is CC(N)C(=O)Nc1cc(Br)ccc1Cl. The molecule has 1 atom stereocenters. The molecule has 1 aromatic rings. The first-order valence-electron chi connectivity index (χ1n) is 4.02. The standard InChI is InChI=1S/C9H10BrClN2O/c1-5(12)9(14)13-8-4-6(10)2-3-7(8)11/h2-5H,12H2,1H3,(H,13,14). The zero-order valence-corrected chi connectivity index (χ0v) is 9.89. The van der Waals surface area contributed by atoms with E-state index in [0.29, 0.717) is 10.7 Å². The highest BCUT2D eigenvalue weighted by Gasteiger charge is 2.09. The van der Waals surface area contributed by atoms with Crippen LogP contribution in [0.1, 0.15) is 6.92 Å². The van der Waals surface area contributed by atoms with Crippen LogP contribution in [0, 0.1) is 0 Å². The van der Waals surface area contributed by atoms with Crippen molar-refractivity contribution in [3.63, 3.8) is 0 Å². The van der Waals surface area contributed by atoms with Crippen LogP contribution in [0.2, 0.25) is 5.02 Å². The van der Waals surface area contributed by atoms with E-state index < -0.39 is 6.04 Å². The molecule has 0 aliphatic heterocycles. The fourth-order valence-electron chi connectivity index (χ4n) is 0.840. The number of hydrogen-bond donors (Lipinski definition) is 2. The van der Waals surface area contributed by atoms with Crippen molar-refractivity contribution in [2.45, 2.75) is 13.0 Å². The molecule has 1 aromatic carbocycles. The molecular formula is C9H10BrClN2O. The summed E-state index contributed by atoms with van der Waals surface area (Å²) in [7, 11) is 0. The summed E-state index contributed by atoms with van der Waals surface area (Å²) in [5, 5.41) is 3.11. The maximum atomic E-state index is 11.3. The molecule has 1 rings (SSSR count). The average Bonchev–Trinajstić information content (AvgIpc) is 2.11. The van der Waals surface area contributed by atoms with Crippen molar-refractivity contribution in [3.05, 3.63) is 27.7 Å². The summed E-state index contributed by atoms with van der Waals surface area (Å²) in [5.74, 6) is -0.259. The molecule has 1 unspecified atom stereocenters. The third-order valence-corrected chi connectivity index (χ3v) is 2.42. The lowest BCUT2D eigenvalue weighted by molar-refractivity contribution is -0.117. The Hall–Kier alpha value is -0.580. The van der Waals surface area contributed by atoms with E-state index >= 15 is 0 Å². The predicted molar refractivity (Wildman–Crippen MR) is 61.4 cm³/mol. The number of hydrogen-bond acceptors (Lipinski definition) is 2. The van der Waals surface area contributed by atoms with E-state index in [1.165, 1.54) is 0 Å². The molecule has 3 N–H and O–H groups in total. The molecule has 0 bridgehead atoms. The third-order valence-electron chi connectivity index (χ3n) is 1.60. The van der Waals surface area contributed by atoms with E-state index in [-0.39, 0.29) is 5.91 Å². The highest BCUT2D eigenvalue weighted by atomic mass is 79.9. The van der Waals surface area contributed by atoms with Gasteiger partial charge in [0.25, 0.3) is 0 Å². The molecule has 14 heavy (non-hydrogen) atoms. The van der Waals surface area contributed by atoms with E-state index in [2.05, 4.69) is 21.2 Å². The van der Waals surface area contributed by atoms with E-state index in [1.807, 2.05) is 0 Å². The quantitative estimate of drug-likeness (QED) is 0.872. The van der Waals surface area contributed by atoms with Gasteiger partial charge in [0.05, 0.1) is 16.8 Å². The average molecular weight is 278 g/mol. The van der Waals surface area contributed by atoms with E-state index in [9.17, 15) is 4.79 Å². The number of carbonyl (C=O) groups is 1. The van der Waals surface area contributed by atoms with Crippen LogP contribution in [0.4, 0.5) is 5.69 Å². The van der Waals surface area contributed by atoms with Crippen LogP contribution < -0.4 is 11.1 Å². The van der Waals surface area contributed by atoms with Gasteiger partial charge in [-0.05, 0) is 25.1 Å². The molecule has 0 spiro atoms. The number of anilines is 1. The highest BCUT2D eigenvalue weighted by molar-refractivity contribution is 9.10. The van der Waals surface area contributed by atoms with Gasteiger partial charge in [-0.1, -0.05) is 27.5 Å². The molecule has 1 amide bonds. The van der Waals surface area contributed by atoms with Gasteiger partial charge in [0.15, 0.2) is 0 Å². The topological polar surface area (TPSA) is 55.1 Å². The van der Waals surface area contributed by atoms with Crippen LogP contribution >= 0.6 is 27.5 Å². The number of amides is 1. The van der Waals surface area contributed by atoms with Gasteiger partial charge in [-0.2, -0.15) is 0 Å². The van der Waals surface area contributed by atoms with Crippen molar-refractivity contribution < 1.29 is 4.79 Å². The van der Waals surface area contributed by atoms with Crippen molar-refractivity contribution in [1.82, 2.24) is 0 Å². The summed E-state index contributed by atoms with van der Waals surface area (Å²) in [4.78, 5) is 11.3. The van der Waals surface area contributed by atoms with Gasteiger partial charge in [0.1, 0.15) is 0 Å². The van der Waals surface area contributed by atoms with E-state index in [1.54, 1.807) is 25.1 Å². The van der Waals surface area contributed by atoms with Crippen LogP contribution in [-0.4, -0.2) is 11.9 Å². The maximum Gasteiger partial charge on any atom is 0.241 e. The second-order valence-corrected chi connectivity index (χ2v) is 4.22. The largest absolute Gasteiger partial charge is 0.323 e. The minimum absolute atomic E-state index is 0.259. The Kier molecular flexibility index (Phi) is 3.92. The van der Waals surface area contributed by atoms with Gasteiger partial charge in [0.2, 0.25) is 5.91 Å². The van der Waals surface area contributed by atoms with Crippen molar-refractivity contribution in [1.29, 1.82) is 0 Å². The van der Waals surface area contributed by atoms with Crippen LogP contribution in [0.5, 0.6) is 0 Å². The molecule has 5 heteroatoms. The first-order chi connectivity index (χ1) is 6.50. The van der Waals surface area contributed by atoms with Crippen LogP contribution in [-0.2, 0) is 4.79 Å². The molecule has 0 aliphatic carbocycles. The number of nitrogens with one attached hydrogen (secondary N) is 1. The highest BCUT2D eigenvalue weighted by Crippen LogP contribution is 2.25. The molecule has 3 nitrogen and oxygen atoms in total. The molecular weight excluding hydrogens is 267 g/mol. The fourth-order valence-corrected chi connectivity index (χ4v) is 1.37. The Labute approximate surface area is 95.7 Å². The van der Waals surface area contributed by atoms with Gasteiger partial charge in [0, 0.05) is 4.47 Å². The maximum absolute atomic E-state index is 11.3. The number of carbonyl (C=O) groups excluding carboxylic acids is 1. The molecule has 0 radical (unpaired) electrons. The summed E-state index contributed by atoms with van der Waals surface area (Å²) < 4.78 is 0.849. The summed E-state index contributed by atoms with van der Waals surface area (Å²) in [6, 6.07) is 4.67. The van der Waals surface area contributed by atoms with Gasteiger partial charge < -0.3 is 11.1 Å². The second kappa shape index (κ2) is 4.77. The Morgan fingerprint density at radius 1 is 1.64 bits per heavy atom. The Balaban J connectivity index is 2.86. The fraction of sp³-hybridized carbons (Fsp3) is 0.222. The van der Waals surface area contributed by atoms with Gasteiger partial charge in [-0.25, -0.2) is 0 Å². The second-order valence-electron chi connectivity index (χ2n) is 2.90. The first kappa shape index (κ1) is 11.5. The number of benzene rings is 1. The molecule has 0 aliphatic rings. The lowest BCUT2D eigenvalue weighted by Crippen LogP contribution is -2.32. The lowest BCUT2D eigenvalue weighted by atomic mass is 10.3. The summed E-state index contributed by atoms with van der Waals surface area (Å²) >= 11 is 9.15. The van der Waals surface area contributed by atoms with Crippen molar-refractivity contribution in [2.24, 2.45) is 5.73 Å². The number of nitrogens with two attached hydrogens (primary N) is 1. The van der Waals surface area contributed by atoms with Crippen molar-refractivity contribution >= 4 is 39.1 Å². The third kappa shape index (κ3) is 2.97. The normalized spacial score (nSPS) is 12.3. The van der Waals surface area contributed by atoms with Crippen LogP contribution in [0.3, 0.4) is 0 Å². The Bertz CT molecular complexity index is 355. The summed E-state index contributed by atoms with van der Waals surface area (Å²) in [5.41, 5.74) is 5.96. The monoisotopic (exact) mass is 276 g/mol. The van der Waals surface area contributed by atoms with E-state index in [0.717, 1.165) is 4.47 Å². The summed E-state index contributed by atoms with van der Waals surface area (Å²) in [6.07, 6.45) is 0. The van der Waals surface area contributed by atoms with Crippen LogP contribution in [0.15, 0.2) is 22.7 Å². The molecule has 0 saturated heterocycles. The Morgan fingerprint density at radius 2 is 2.29 bits per heavy atom. The zero-order valence-electron chi connectivity index (χ0n) is 7.55. The number of halogens is 2. The van der Waals surface area contributed by atoms with E-state index in [4.69, 9.17) is 17.3 Å². The smallest absolute Gasteiger partial charge is 0.241 e. The summed E-state index contributed by atoms with van der Waals surface area (Å²) in [6.45, 7) is 1.61. The molecule has 0 heterocycles. The minimum Gasteiger partial charge on any atom is -0.323 e. The minimum atomic E-state index is -0.551. The van der Waals surface area contributed by atoms with Gasteiger partial charge in [-0.15, -0.1) is 0 Å². The molecule has 0 aromatic heterocycles. The van der Waals surface area contributed by atoms with Crippen LogP contribution in [0.25, 0.3) is 0 Å². The number of rotatable bonds is 2. The zero-order chi connectivity index (χ0) is 10.7. The van der Waals surface area contributed by atoms with Gasteiger partial charge >= 0.3 is 0 Å². The lowest BCUT2D eigenvalue weighted by Gasteiger charge is -2.09. The van der Waals surface area contributed by atoms with Crippen molar-refractivity contribution in [2.75, 3.05) is 5.32 Å². The molecule has 0 fully saturated rings.